The Balaban J connectivity index is 2.41. The number of nitrogens with zero attached hydrogens (tertiary/aromatic N) is 3. The maximum Gasteiger partial charge on any atom is 0.138 e. The molecular formula is C15H18Cl2FN3. The molecule has 0 aliphatic carbocycles. The molecule has 0 amide bonds. The zero-order valence-electron chi connectivity index (χ0n) is 12.1. The quantitative estimate of drug-likeness (QED) is 0.751. The van der Waals surface area contributed by atoms with Crippen LogP contribution in [0.3, 0.4) is 0 Å². The van der Waals surface area contributed by atoms with Crippen LogP contribution >= 0.6 is 23.2 Å². The molecule has 1 aromatic heterocycles. The van der Waals surface area contributed by atoms with Crippen molar-refractivity contribution in [2.45, 2.75) is 31.7 Å². The molecule has 2 rings (SSSR count). The molecule has 0 saturated heterocycles. The highest BCUT2D eigenvalue weighted by Crippen LogP contribution is 2.32. The van der Waals surface area contributed by atoms with Gasteiger partial charge in [0.2, 0.25) is 0 Å². The lowest BCUT2D eigenvalue weighted by molar-refractivity contribution is 0.453. The van der Waals surface area contributed by atoms with Gasteiger partial charge in [-0.25, -0.2) is 14.1 Å². The van der Waals surface area contributed by atoms with Crippen molar-refractivity contribution in [3.63, 3.8) is 0 Å². The first-order valence-corrected chi connectivity index (χ1v) is 7.85. The van der Waals surface area contributed by atoms with Crippen LogP contribution in [0.2, 0.25) is 0 Å². The summed E-state index contributed by atoms with van der Waals surface area (Å²) in [5.74, 6) is 1.07. The highest BCUT2D eigenvalue weighted by atomic mass is 35.5. The molecule has 0 spiro atoms. The Hall–Kier alpha value is -1.13. The van der Waals surface area contributed by atoms with Crippen LogP contribution in [-0.4, -0.2) is 26.5 Å². The summed E-state index contributed by atoms with van der Waals surface area (Å²) in [5.41, 5.74) is 0.219. The Kier molecular flexibility index (Phi) is 5.22. The van der Waals surface area contributed by atoms with Gasteiger partial charge in [-0.15, -0.1) is 23.2 Å². The third-order valence-electron chi connectivity index (χ3n) is 3.58. The minimum atomic E-state index is -0.565. The first-order valence-electron chi connectivity index (χ1n) is 6.79. The van der Waals surface area contributed by atoms with Crippen molar-refractivity contribution >= 4 is 23.2 Å². The van der Waals surface area contributed by atoms with E-state index in [1.165, 1.54) is 18.5 Å². The summed E-state index contributed by atoms with van der Waals surface area (Å²) < 4.78 is 15.4. The molecule has 0 aliphatic rings. The molecule has 0 unspecified atom stereocenters. The lowest BCUT2D eigenvalue weighted by Gasteiger charge is -2.30. The fraction of sp³-hybridized carbons (Fsp3) is 0.467. The summed E-state index contributed by atoms with van der Waals surface area (Å²) in [6, 6.07) is 6.61. The van der Waals surface area contributed by atoms with E-state index in [2.05, 4.69) is 10.1 Å². The number of aromatic nitrogens is 3. The molecule has 114 valence electrons. The van der Waals surface area contributed by atoms with Crippen molar-refractivity contribution in [3.05, 3.63) is 47.8 Å². The molecular weight excluding hydrogens is 312 g/mol. The average molecular weight is 330 g/mol. The number of halogens is 3. The van der Waals surface area contributed by atoms with Crippen LogP contribution in [0.25, 0.3) is 0 Å². The fourth-order valence-corrected chi connectivity index (χ4v) is 3.12. The number of hydrogen-bond acceptors (Lipinski definition) is 2. The Bertz CT molecular complexity index is 594. The third kappa shape index (κ3) is 3.38. The molecule has 0 aliphatic heterocycles. The van der Waals surface area contributed by atoms with E-state index in [-0.39, 0.29) is 23.6 Å². The monoisotopic (exact) mass is 329 g/mol. The predicted octanol–water partition coefficient (Wildman–Crippen LogP) is 3.96. The average Bonchev–Trinajstić information content (AvgIpc) is 2.93. The Morgan fingerprint density at radius 3 is 2.57 bits per heavy atom. The molecule has 1 heterocycles. The van der Waals surface area contributed by atoms with Crippen LogP contribution in [0, 0.1) is 5.82 Å². The van der Waals surface area contributed by atoms with Crippen molar-refractivity contribution in [2.75, 3.05) is 11.8 Å². The second-order valence-electron chi connectivity index (χ2n) is 5.45. The molecule has 3 nitrogen and oxygen atoms in total. The SMILES string of the molecule is CC(C)n1ncnc1CC(CCl)(CCl)c1cccc(F)c1. The Morgan fingerprint density at radius 1 is 1.29 bits per heavy atom. The van der Waals surface area contributed by atoms with E-state index in [0.717, 1.165) is 11.4 Å². The van der Waals surface area contributed by atoms with Gasteiger partial charge in [0.15, 0.2) is 0 Å². The summed E-state index contributed by atoms with van der Waals surface area (Å²) >= 11 is 12.4. The summed E-state index contributed by atoms with van der Waals surface area (Å²) in [4.78, 5) is 4.31. The standard InChI is InChI=1S/C15H18Cl2FN3/c1-11(2)21-14(19-10-20-21)7-15(8-16,9-17)12-4-3-5-13(18)6-12/h3-6,10-11H,7-9H2,1-2H3. The highest BCUT2D eigenvalue weighted by Gasteiger charge is 2.33. The van der Waals surface area contributed by atoms with Crippen molar-refractivity contribution in [3.8, 4) is 0 Å². The highest BCUT2D eigenvalue weighted by molar-refractivity contribution is 6.22. The lowest BCUT2D eigenvalue weighted by Crippen LogP contribution is -2.35. The van der Waals surface area contributed by atoms with E-state index in [1.54, 1.807) is 6.07 Å². The predicted molar refractivity (Wildman–Crippen MR) is 83.6 cm³/mol. The van der Waals surface area contributed by atoms with Gasteiger partial charge in [0.25, 0.3) is 0 Å². The van der Waals surface area contributed by atoms with E-state index in [0.29, 0.717) is 6.42 Å². The smallest absolute Gasteiger partial charge is 0.138 e. The minimum absolute atomic E-state index is 0.193. The zero-order valence-corrected chi connectivity index (χ0v) is 13.6. The number of rotatable bonds is 6. The summed E-state index contributed by atoms with van der Waals surface area (Å²) in [5, 5.41) is 4.22. The number of benzene rings is 1. The van der Waals surface area contributed by atoms with Gasteiger partial charge in [0, 0.05) is 29.6 Å². The van der Waals surface area contributed by atoms with Gasteiger partial charge in [-0.1, -0.05) is 12.1 Å². The molecule has 0 fully saturated rings. The molecule has 0 radical (unpaired) electrons. The van der Waals surface area contributed by atoms with E-state index < -0.39 is 5.41 Å². The molecule has 1 aromatic carbocycles. The maximum atomic E-state index is 13.5. The summed E-state index contributed by atoms with van der Waals surface area (Å²) in [7, 11) is 0. The van der Waals surface area contributed by atoms with Gasteiger partial charge in [0.1, 0.15) is 18.0 Å². The van der Waals surface area contributed by atoms with Crippen LogP contribution in [0.15, 0.2) is 30.6 Å². The molecule has 6 heteroatoms. The Labute approximate surface area is 134 Å². The van der Waals surface area contributed by atoms with E-state index in [4.69, 9.17) is 23.2 Å². The van der Waals surface area contributed by atoms with Gasteiger partial charge in [0.05, 0.1) is 0 Å². The minimum Gasteiger partial charge on any atom is -0.248 e. The van der Waals surface area contributed by atoms with Crippen molar-refractivity contribution in [1.29, 1.82) is 0 Å². The van der Waals surface area contributed by atoms with Crippen LogP contribution in [0.1, 0.15) is 31.3 Å². The van der Waals surface area contributed by atoms with Crippen LogP contribution in [-0.2, 0) is 11.8 Å². The zero-order chi connectivity index (χ0) is 15.5. The molecule has 2 aromatic rings. The summed E-state index contributed by atoms with van der Waals surface area (Å²) in [6.45, 7) is 4.06. The molecule has 0 bridgehead atoms. The molecule has 0 saturated carbocycles. The third-order valence-corrected chi connectivity index (χ3v) is 4.60. The molecule has 0 atom stereocenters. The van der Waals surface area contributed by atoms with E-state index >= 15 is 0 Å². The normalized spacial score (nSPS) is 12.1. The second kappa shape index (κ2) is 6.75. The Morgan fingerprint density at radius 2 is 2.00 bits per heavy atom. The van der Waals surface area contributed by atoms with Gasteiger partial charge < -0.3 is 0 Å². The first kappa shape index (κ1) is 16.2. The number of alkyl halides is 2. The molecule has 21 heavy (non-hydrogen) atoms. The topological polar surface area (TPSA) is 30.7 Å². The van der Waals surface area contributed by atoms with Crippen LogP contribution in [0.5, 0.6) is 0 Å². The van der Waals surface area contributed by atoms with E-state index in [1.807, 2.05) is 24.6 Å². The first-order chi connectivity index (χ1) is 10.0. The van der Waals surface area contributed by atoms with Gasteiger partial charge >= 0.3 is 0 Å². The fourth-order valence-electron chi connectivity index (χ4n) is 2.34. The summed E-state index contributed by atoms with van der Waals surface area (Å²) in [6.07, 6.45) is 2.04. The number of hydrogen-bond donors (Lipinski definition) is 0. The maximum absolute atomic E-state index is 13.5. The van der Waals surface area contributed by atoms with Gasteiger partial charge in [-0.2, -0.15) is 5.10 Å². The van der Waals surface area contributed by atoms with Crippen LogP contribution < -0.4 is 0 Å². The molecule has 0 N–H and O–H groups in total. The lowest BCUT2D eigenvalue weighted by atomic mass is 9.80. The van der Waals surface area contributed by atoms with Crippen molar-refractivity contribution < 1.29 is 4.39 Å². The van der Waals surface area contributed by atoms with Crippen molar-refractivity contribution in [1.82, 2.24) is 14.8 Å². The largest absolute Gasteiger partial charge is 0.248 e. The van der Waals surface area contributed by atoms with Crippen LogP contribution in [0.4, 0.5) is 4.39 Å². The second-order valence-corrected chi connectivity index (χ2v) is 5.98. The van der Waals surface area contributed by atoms with E-state index in [9.17, 15) is 4.39 Å². The van der Waals surface area contributed by atoms with Gasteiger partial charge in [-0.3, -0.25) is 0 Å². The van der Waals surface area contributed by atoms with Crippen molar-refractivity contribution in [2.24, 2.45) is 0 Å². The van der Waals surface area contributed by atoms with Gasteiger partial charge in [-0.05, 0) is 31.5 Å².